The van der Waals surface area contributed by atoms with Crippen molar-refractivity contribution in [1.82, 2.24) is 5.32 Å². The average Bonchev–Trinajstić information content (AvgIpc) is 2.61. The van der Waals surface area contributed by atoms with E-state index < -0.39 is 0 Å². The summed E-state index contributed by atoms with van der Waals surface area (Å²) in [6, 6.07) is 20.6. The molecule has 3 aromatic carbocycles. The molecule has 0 amide bonds. The van der Waals surface area contributed by atoms with Crippen LogP contribution in [0, 0.1) is 13.8 Å². The van der Waals surface area contributed by atoms with Crippen LogP contribution in [0.4, 0.5) is 5.69 Å². The highest BCUT2D eigenvalue weighted by molar-refractivity contribution is 7.80. The molecular weight excluding hydrogens is 328 g/mol. The molecule has 3 rings (SSSR count). The fraction of sp³-hybridized carbons (Fsp3) is 0.190. The molecule has 2 N–H and O–H groups in total. The molecule has 0 spiro atoms. The van der Waals surface area contributed by atoms with Gasteiger partial charge in [-0.1, -0.05) is 54.1 Å². The molecule has 3 aromatic rings. The molecule has 0 aliphatic rings. The monoisotopic (exact) mass is 350 g/mol. The van der Waals surface area contributed by atoms with Gasteiger partial charge in [0.15, 0.2) is 5.11 Å². The first-order chi connectivity index (χ1) is 12.1. The van der Waals surface area contributed by atoms with Gasteiger partial charge in [-0.15, -0.1) is 0 Å². The highest BCUT2D eigenvalue weighted by Crippen LogP contribution is 2.24. The fourth-order valence-electron chi connectivity index (χ4n) is 2.77. The number of rotatable bonds is 5. The Hall–Kier alpha value is -2.59. The number of aryl methyl sites for hydroxylation is 2. The van der Waals surface area contributed by atoms with Gasteiger partial charge in [0.2, 0.25) is 0 Å². The summed E-state index contributed by atoms with van der Waals surface area (Å²) < 4.78 is 5.91. The molecule has 0 aliphatic heterocycles. The molecule has 0 radical (unpaired) electrons. The lowest BCUT2D eigenvalue weighted by atomic mass is 10.1. The van der Waals surface area contributed by atoms with Crippen LogP contribution in [0.25, 0.3) is 10.8 Å². The Bertz CT molecular complexity index is 887. The van der Waals surface area contributed by atoms with E-state index in [0.29, 0.717) is 18.3 Å². The Balaban J connectivity index is 1.50. The van der Waals surface area contributed by atoms with E-state index in [2.05, 4.69) is 54.8 Å². The summed E-state index contributed by atoms with van der Waals surface area (Å²) in [4.78, 5) is 0. The minimum absolute atomic E-state index is 0.544. The van der Waals surface area contributed by atoms with Gasteiger partial charge >= 0.3 is 0 Å². The van der Waals surface area contributed by atoms with Gasteiger partial charge in [-0.3, -0.25) is 0 Å². The number of hydrogen-bond acceptors (Lipinski definition) is 2. The van der Waals surface area contributed by atoms with E-state index in [1.807, 2.05) is 30.3 Å². The van der Waals surface area contributed by atoms with E-state index in [1.165, 1.54) is 16.5 Å². The maximum Gasteiger partial charge on any atom is 0.170 e. The third-order valence-electron chi connectivity index (χ3n) is 4.02. The summed E-state index contributed by atoms with van der Waals surface area (Å²) >= 11 is 5.36. The van der Waals surface area contributed by atoms with Crippen LogP contribution in [0.3, 0.4) is 0 Å². The zero-order chi connectivity index (χ0) is 17.6. The Morgan fingerprint density at radius 3 is 2.64 bits per heavy atom. The Morgan fingerprint density at radius 1 is 1.00 bits per heavy atom. The summed E-state index contributed by atoms with van der Waals surface area (Å²) in [7, 11) is 0. The molecule has 0 bridgehead atoms. The van der Waals surface area contributed by atoms with Crippen molar-refractivity contribution in [2.75, 3.05) is 18.5 Å². The van der Waals surface area contributed by atoms with E-state index in [9.17, 15) is 0 Å². The van der Waals surface area contributed by atoms with E-state index in [4.69, 9.17) is 17.0 Å². The maximum absolute atomic E-state index is 5.91. The van der Waals surface area contributed by atoms with Crippen molar-refractivity contribution >= 4 is 33.8 Å². The SMILES string of the molecule is Cc1ccc(NC(=S)NCCOc2cccc3ccccc23)c(C)c1. The van der Waals surface area contributed by atoms with Crippen LogP contribution in [0.2, 0.25) is 0 Å². The quantitative estimate of drug-likeness (QED) is 0.510. The number of hydrogen-bond donors (Lipinski definition) is 2. The fourth-order valence-corrected chi connectivity index (χ4v) is 2.98. The largest absolute Gasteiger partial charge is 0.491 e. The highest BCUT2D eigenvalue weighted by atomic mass is 32.1. The van der Waals surface area contributed by atoms with Gasteiger partial charge in [0.1, 0.15) is 12.4 Å². The highest BCUT2D eigenvalue weighted by Gasteiger charge is 2.03. The van der Waals surface area contributed by atoms with Crippen molar-refractivity contribution in [2.24, 2.45) is 0 Å². The Morgan fingerprint density at radius 2 is 1.80 bits per heavy atom. The molecule has 3 nitrogen and oxygen atoms in total. The summed E-state index contributed by atoms with van der Waals surface area (Å²) in [6.45, 7) is 5.34. The second kappa shape index (κ2) is 7.99. The second-order valence-electron chi connectivity index (χ2n) is 6.03. The normalized spacial score (nSPS) is 10.5. The number of ether oxygens (including phenoxy) is 1. The average molecular weight is 350 g/mol. The predicted octanol–water partition coefficient (Wildman–Crippen LogP) is 4.82. The summed E-state index contributed by atoms with van der Waals surface area (Å²) in [5, 5.41) is 9.33. The van der Waals surface area contributed by atoms with Gasteiger partial charge in [-0.2, -0.15) is 0 Å². The summed E-state index contributed by atoms with van der Waals surface area (Å²) in [5.41, 5.74) is 3.44. The van der Waals surface area contributed by atoms with Crippen molar-refractivity contribution in [3.8, 4) is 5.75 Å². The van der Waals surface area contributed by atoms with E-state index in [1.54, 1.807) is 0 Å². The third kappa shape index (κ3) is 4.48. The van der Waals surface area contributed by atoms with Crippen molar-refractivity contribution in [3.05, 3.63) is 71.8 Å². The predicted molar refractivity (Wildman–Crippen MR) is 110 cm³/mol. The lowest BCUT2D eigenvalue weighted by molar-refractivity contribution is 0.326. The molecule has 0 saturated carbocycles. The molecule has 4 heteroatoms. The summed E-state index contributed by atoms with van der Waals surface area (Å²) in [5.74, 6) is 0.896. The molecular formula is C21H22N2OS. The molecule has 0 aromatic heterocycles. The van der Waals surface area contributed by atoms with Gasteiger partial charge in [0, 0.05) is 11.1 Å². The first-order valence-electron chi connectivity index (χ1n) is 8.36. The zero-order valence-electron chi connectivity index (χ0n) is 14.5. The van der Waals surface area contributed by atoms with Crippen LogP contribution < -0.4 is 15.4 Å². The van der Waals surface area contributed by atoms with Gasteiger partial charge in [0.25, 0.3) is 0 Å². The Kier molecular flexibility index (Phi) is 5.51. The zero-order valence-corrected chi connectivity index (χ0v) is 15.3. The number of nitrogens with one attached hydrogen (secondary N) is 2. The van der Waals surface area contributed by atoms with Crippen LogP contribution in [0.15, 0.2) is 60.7 Å². The number of thiocarbonyl (C=S) groups is 1. The van der Waals surface area contributed by atoms with E-state index in [0.717, 1.165) is 16.8 Å². The van der Waals surface area contributed by atoms with Crippen LogP contribution in [0.1, 0.15) is 11.1 Å². The minimum Gasteiger partial charge on any atom is -0.491 e. The number of anilines is 1. The van der Waals surface area contributed by atoms with Crippen molar-refractivity contribution in [1.29, 1.82) is 0 Å². The molecule has 0 atom stereocenters. The summed E-state index contributed by atoms with van der Waals surface area (Å²) in [6.07, 6.45) is 0. The first-order valence-corrected chi connectivity index (χ1v) is 8.77. The third-order valence-corrected chi connectivity index (χ3v) is 4.27. The van der Waals surface area contributed by atoms with Crippen LogP contribution in [0.5, 0.6) is 5.75 Å². The van der Waals surface area contributed by atoms with Gasteiger partial charge in [0.05, 0.1) is 6.54 Å². The molecule has 0 saturated heterocycles. The van der Waals surface area contributed by atoms with Crippen LogP contribution in [-0.2, 0) is 0 Å². The molecule has 0 aliphatic carbocycles. The molecule has 0 heterocycles. The smallest absolute Gasteiger partial charge is 0.170 e. The standard InChI is InChI=1S/C21H22N2OS/c1-15-10-11-19(16(2)14-15)23-21(25)22-12-13-24-20-9-5-7-17-6-3-4-8-18(17)20/h3-11,14H,12-13H2,1-2H3,(H2,22,23,25). The first kappa shape index (κ1) is 17.2. The Labute approximate surface area is 154 Å². The van der Waals surface area contributed by atoms with Crippen LogP contribution >= 0.6 is 12.2 Å². The molecule has 0 fully saturated rings. The van der Waals surface area contributed by atoms with Crippen molar-refractivity contribution in [2.45, 2.75) is 13.8 Å². The van der Waals surface area contributed by atoms with Gasteiger partial charge in [-0.05, 0) is 49.1 Å². The van der Waals surface area contributed by atoms with Gasteiger partial charge in [-0.25, -0.2) is 0 Å². The maximum atomic E-state index is 5.91. The van der Waals surface area contributed by atoms with E-state index >= 15 is 0 Å². The topological polar surface area (TPSA) is 33.3 Å². The van der Waals surface area contributed by atoms with Crippen molar-refractivity contribution in [3.63, 3.8) is 0 Å². The molecule has 128 valence electrons. The van der Waals surface area contributed by atoms with E-state index in [-0.39, 0.29) is 0 Å². The lowest BCUT2D eigenvalue weighted by Crippen LogP contribution is -2.32. The molecule has 0 unspecified atom stereocenters. The number of fused-ring (bicyclic) bond motifs is 1. The van der Waals surface area contributed by atoms with Gasteiger partial charge < -0.3 is 15.4 Å². The second-order valence-corrected chi connectivity index (χ2v) is 6.43. The lowest BCUT2D eigenvalue weighted by Gasteiger charge is -2.14. The van der Waals surface area contributed by atoms with Crippen molar-refractivity contribution < 1.29 is 4.74 Å². The minimum atomic E-state index is 0.544. The van der Waals surface area contributed by atoms with Crippen LogP contribution in [-0.4, -0.2) is 18.3 Å². The number of benzene rings is 3. The molecule has 25 heavy (non-hydrogen) atoms.